The second-order valence-corrected chi connectivity index (χ2v) is 5.74. The number of nitrogens with one attached hydrogen (secondary N) is 1. The highest BCUT2D eigenvalue weighted by atomic mass is 19.1. The summed E-state index contributed by atoms with van der Waals surface area (Å²) in [5, 5.41) is 19.8. The van der Waals surface area contributed by atoms with Gasteiger partial charge in [0.1, 0.15) is 11.4 Å². The van der Waals surface area contributed by atoms with Crippen LogP contribution in [0.15, 0.2) is 36.5 Å². The molecule has 0 saturated heterocycles. The van der Waals surface area contributed by atoms with E-state index in [0.717, 1.165) is 0 Å². The molecule has 3 aromatic rings. The summed E-state index contributed by atoms with van der Waals surface area (Å²) in [4.78, 5) is 23.5. The first kappa shape index (κ1) is 17.3. The van der Waals surface area contributed by atoms with Crippen molar-refractivity contribution in [3.05, 3.63) is 64.9 Å². The molecule has 0 aliphatic heterocycles. The van der Waals surface area contributed by atoms with Crippen molar-refractivity contribution in [2.24, 2.45) is 7.05 Å². The number of benzene rings is 1. The first-order valence-electron chi connectivity index (χ1n) is 7.71. The fourth-order valence-electron chi connectivity index (χ4n) is 2.51. The van der Waals surface area contributed by atoms with Crippen molar-refractivity contribution in [1.29, 1.82) is 0 Å². The van der Waals surface area contributed by atoms with E-state index in [1.807, 2.05) is 0 Å². The maximum atomic E-state index is 13.8. The van der Waals surface area contributed by atoms with E-state index < -0.39 is 11.9 Å². The van der Waals surface area contributed by atoms with Crippen LogP contribution in [0.4, 0.5) is 10.2 Å². The molecule has 0 saturated carbocycles. The van der Waals surface area contributed by atoms with Gasteiger partial charge in [0.15, 0.2) is 11.5 Å². The lowest BCUT2D eigenvalue weighted by molar-refractivity contribution is 0.0692. The second kappa shape index (κ2) is 6.79. The molecule has 0 fully saturated rings. The molecule has 0 aliphatic rings. The lowest BCUT2D eigenvalue weighted by Crippen LogP contribution is -2.17. The van der Waals surface area contributed by atoms with Gasteiger partial charge in [-0.05, 0) is 13.0 Å². The maximum Gasteiger partial charge on any atom is 0.339 e. The van der Waals surface area contributed by atoms with Crippen LogP contribution < -0.4 is 5.32 Å². The quantitative estimate of drug-likeness (QED) is 0.728. The molecule has 2 N–H and O–H groups in total. The molecular formula is C17H16FN5O3. The Morgan fingerprint density at radius 2 is 2.00 bits per heavy atom. The number of aromatic nitrogens is 4. The number of carbonyl (C=O) groups is 2. The van der Waals surface area contributed by atoms with Gasteiger partial charge in [-0.15, -0.1) is 0 Å². The van der Waals surface area contributed by atoms with Gasteiger partial charge in [-0.1, -0.05) is 18.2 Å². The molecule has 2 aromatic heterocycles. The van der Waals surface area contributed by atoms with E-state index in [1.165, 1.54) is 24.0 Å². The van der Waals surface area contributed by atoms with E-state index in [4.69, 9.17) is 5.11 Å². The van der Waals surface area contributed by atoms with E-state index >= 15 is 0 Å². The molecule has 26 heavy (non-hydrogen) atoms. The number of halogens is 1. The fourth-order valence-corrected chi connectivity index (χ4v) is 2.51. The number of carbonyl (C=O) groups excluding carboxylic acids is 1. The number of aromatic carboxylic acids is 1. The van der Waals surface area contributed by atoms with E-state index in [-0.39, 0.29) is 29.4 Å². The van der Waals surface area contributed by atoms with Gasteiger partial charge in [-0.25, -0.2) is 9.18 Å². The van der Waals surface area contributed by atoms with Crippen LogP contribution in [0.5, 0.6) is 0 Å². The summed E-state index contributed by atoms with van der Waals surface area (Å²) in [7, 11) is 1.52. The highest BCUT2D eigenvalue weighted by molar-refractivity contribution is 6.08. The minimum atomic E-state index is -1.25. The van der Waals surface area contributed by atoms with Gasteiger partial charge in [-0.3, -0.25) is 14.2 Å². The number of anilines is 1. The molecule has 3 rings (SSSR count). The first-order valence-corrected chi connectivity index (χ1v) is 7.71. The normalized spacial score (nSPS) is 10.7. The third-order valence-corrected chi connectivity index (χ3v) is 3.78. The number of rotatable bonds is 5. The molecule has 1 amide bonds. The summed E-state index contributed by atoms with van der Waals surface area (Å²) >= 11 is 0. The number of hydrogen-bond donors (Lipinski definition) is 2. The Morgan fingerprint density at radius 1 is 1.27 bits per heavy atom. The molecule has 0 radical (unpaired) electrons. The number of aryl methyl sites for hydroxylation is 2. The summed E-state index contributed by atoms with van der Waals surface area (Å²) in [5.74, 6) is -2.04. The monoisotopic (exact) mass is 357 g/mol. The minimum Gasteiger partial charge on any atom is -0.478 e. The Kier molecular flexibility index (Phi) is 4.53. The van der Waals surface area contributed by atoms with E-state index in [9.17, 15) is 14.0 Å². The summed E-state index contributed by atoms with van der Waals surface area (Å²) in [6, 6.07) is 7.97. The van der Waals surface area contributed by atoms with Crippen LogP contribution in [-0.2, 0) is 13.6 Å². The average Bonchev–Trinajstić information content (AvgIpc) is 3.13. The number of hydrogen-bond acceptors (Lipinski definition) is 4. The Labute approximate surface area is 147 Å². The van der Waals surface area contributed by atoms with Crippen molar-refractivity contribution in [2.45, 2.75) is 13.5 Å². The molecular weight excluding hydrogens is 341 g/mol. The molecule has 0 unspecified atom stereocenters. The largest absolute Gasteiger partial charge is 0.478 e. The first-order chi connectivity index (χ1) is 12.3. The average molecular weight is 357 g/mol. The van der Waals surface area contributed by atoms with Crippen LogP contribution in [-0.4, -0.2) is 36.5 Å². The third kappa shape index (κ3) is 3.46. The van der Waals surface area contributed by atoms with Crippen LogP contribution >= 0.6 is 0 Å². The minimum absolute atomic E-state index is 0.201. The number of amides is 1. The van der Waals surface area contributed by atoms with Crippen molar-refractivity contribution >= 4 is 17.7 Å². The van der Waals surface area contributed by atoms with Crippen molar-refractivity contribution in [2.75, 3.05) is 5.32 Å². The van der Waals surface area contributed by atoms with Crippen molar-refractivity contribution < 1.29 is 19.1 Å². The van der Waals surface area contributed by atoms with E-state index in [0.29, 0.717) is 11.3 Å². The summed E-state index contributed by atoms with van der Waals surface area (Å²) in [6.45, 7) is 1.98. The number of carboxylic acid groups (broad SMARTS) is 1. The van der Waals surface area contributed by atoms with Crippen LogP contribution in [0.25, 0.3) is 0 Å². The SMILES string of the molecule is Cc1cc(NC(=O)c2nn(C)cc2C(=O)O)nn1Cc1ccccc1F. The molecule has 1 aromatic carbocycles. The fraction of sp³-hybridized carbons (Fsp3) is 0.176. The second-order valence-electron chi connectivity index (χ2n) is 5.74. The zero-order valence-corrected chi connectivity index (χ0v) is 14.1. The Morgan fingerprint density at radius 3 is 2.69 bits per heavy atom. The molecule has 0 atom stereocenters. The lowest BCUT2D eigenvalue weighted by Gasteiger charge is -2.05. The molecule has 9 heteroatoms. The summed E-state index contributed by atoms with van der Waals surface area (Å²) in [5.41, 5.74) is 0.770. The van der Waals surface area contributed by atoms with Crippen LogP contribution in [0.1, 0.15) is 32.1 Å². The molecule has 0 bridgehead atoms. The van der Waals surface area contributed by atoms with E-state index in [1.54, 1.807) is 35.9 Å². The van der Waals surface area contributed by atoms with Gasteiger partial charge < -0.3 is 10.4 Å². The maximum absolute atomic E-state index is 13.8. The predicted octanol–water partition coefficient (Wildman–Crippen LogP) is 2.06. The summed E-state index contributed by atoms with van der Waals surface area (Å²) < 4.78 is 16.6. The zero-order valence-electron chi connectivity index (χ0n) is 14.1. The Hall–Kier alpha value is -3.49. The topological polar surface area (TPSA) is 102 Å². The predicted molar refractivity (Wildman–Crippen MR) is 90.6 cm³/mol. The summed E-state index contributed by atoms with van der Waals surface area (Å²) in [6.07, 6.45) is 1.25. The third-order valence-electron chi connectivity index (χ3n) is 3.78. The van der Waals surface area contributed by atoms with Gasteiger partial charge in [0.25, 0.3) is 5.91 Å². The number of carboxylic acids is 1. The molecule has 0 aliphatic carbocycles. The van der Waals surface area contributed by atoms with Gasteiger partial charge >= 0.3 is 5.97 Å². The highest BCUT2D eigenvalue weighted by Gasteiger charge is 2.22. The highest BCUT2D eigenvalue weighted by Crippen LogP contribution is 2.15. The standard InChI is InChI=1S/C17H16FN5O3/c1-10-7-14(20-23(10)8-11-5-3-4-6-13(11)18)19-16(24)15-12(17(25)26)9-22(2)21-15/h3-7,9H,8H2,1-2H3,(H,25,26)(H,19,20,24). The van der Waals surface area contributed by atoms with Crippen molar-refractivity contribution in [1.82, 2.24) is 19.6 Å². The van der Waals surface area contributed by atoms with E-state index in [2.05, 4.69) is 15.5 Å². The van der Waals surface area contributed by atoms with Crippen LogP contribution in [0, 0.1) is 12.7 Å². The van der Waals surface area contributed by atoms with Crippen molar-refractivity contribution in [3.63, 3.8) is 0 Å². The van der Waals surface area contributed by atoms with Gasteiger partial charge in [-0.2, -0.15) is 10.2 Å². The zero-order chi connectivity index (χ0) is 18.8. The molecule has 2 heterocycles. The molecule has 134 valence electrons. The van der Waals surface area contributed by atoms with Gasteiger partial charge in [0.2, 0.25) is 0 Å². The van der Waals surface area contributed by atoms with Crippen LogP contribution in [0.2, 0.25) is 0 Å². The molecule has 8 nitrogen and oxygen atoms in total. The Bertz CT molecular complexity index is 992. The lowest BCUT2D eigenvalue weighted by atomic mass is 10.2. The number of nitrogens with zero attached hydrogens (tertiary/aromatic N) is 4. The molecule has 0 spiro atoms. The van der Waals surface area contributed by atoms with Crippen molar-refractivity contribution in [3.8, 4) is 0 Å². The van der Waals surface area contributed by atoms with Gasteiger partial charge in [0, 0.05) is 30.6 Å². The van der Waals surface area contributed by atoms with Gasteiger partial charge in [0.05, 0.1) is 6.54 Å². The van der Waals surface area contributed by atoms with Crippen LogP contribution in [0.3, 0.4) is 0 Å². The smallest absolute Gasteiger partial charge is 0.339 e. The Balaban J connectivity index is 1.80.